The Morgan fingerprint density at radius 2 is 1.87 bits per heavy atom. The van der Waals surface area contributed by atoms with Crippen LogP contribution in [0, 0.1) is 0 Å². The number of nitrogens with one attached hydrogen (secondary N) is 1. The number of nitrogens with zero attached hydrogens (tertiary/aromatic N) is 1. The number of rotatable bonds is 5. The van der Waals surface area contributed by atoms with Crippen LogP contribution < -0.4 is 15.6 Å². The Kier molecular flexibility index (Phi) is 5.39. The quantitative estimate of drug-likeness (QED) is 0.468. The van der Waals surface area contributed by atoms with Gasteiger partial charge < -0.3 is 19.2 Å². The molecule has 0 unspecified atom stereocenters. The molecule has 1 amide bonds. The number of pyridine rings is 1. The zero-order chi connectivity index (χ0) is 22.1. The van der Waals surface area contributed by atoms with Gasteiger partial charge in [0, 0.05) is 16.7 Å². The van der Waals surface area contributed by atoms with Crippen LogP contribution in [-0.2, 0) is 4.74 Å². The van der Waals surface area contributed by atoms with Gasteiger partial charge in [-0.1, -0.05) is 11.6 Å². The van der Waals surface area contributed by atoms with Crippen LogP contribution in [0.2, 0.25) is 5.02 Å². The molecule has 0 radical (unpaired) electrons. The van der Waals surface area contributed by atoms with Crippen molar-refractivity contribution >= 4 is 46.0 Å². The summed E-state index contributed by atoms with van der Waals surface area (Å²) >= 11 is 6.02. The second-order valence-electron chi connectivity index (χ2n) is 6.53. The van der Waals surface area contributed by atoms with E-state index in [2.05, 4.69) is 5.32 Å². The Labute approximate surface area is 180 Å². The zero-order valence-electron chi connectivity index (χ0n) is 16.6. The first-order chi connectivity index (χ1) is 14.9. The predicted molar refractivity (Wildman–Crippen MR) is 115 cm³/mol. The van der Waals surface area contributed by atoms with Crippen LogP contribution in [0.3, 0.4) is 0 Å². The van der Waals surface area contributed by atoms with E-state index in [1.54, 1.807) is 43.3 Å². The van der Waals surface area contributed by atoms with Gasteiger partial charge in [-0.15, -0.1) is 0 Å². The van der Waals surface area contributed by atoms with E-state index in [0.29, 0.717) is 27.4 Å². The number of benzene rings is 2. The normalized spacial score (nSPS) is 10.9. The van der Waals surface area contributed by atoms with Gasteiger partial charge in [0.15, 0.2) is 5.58 Å². The van der Waals surface area contributed by atoms with Crippen molar-refractivity contribution in [1.82, 2.24) is 4.40 Å². The fourth-order valence-electron chi connectivity index (χ4n) is 3.16. The number of anilines is 1. The number of amides is 1. The van der Waals surface area contributed by atoms with Crippen molar-refractivity contribution in [2.75, 3.05) is 19.0 Å². The van der Waals surface area contributed by atoms with Gasteiger partial charge in [0.1, 0.15) is 17.0 Å². The first-order valence-corrected chi connectivity index (χ1v) is 9.71. The predicted octanol–water partition coefficient (Wildman–Crippen LogP) is 4.14. The molecule has 4 aromatic rings. The van der Waals surface area contributed by atoms with Gasteiger partial charge in [-0.3, -0.25) is 9.59 Å². The van der Waals surface area contributed by atoms with E-state index < -0.39 is 17.4 Å². The topological polar surface area (TPSA) is 99.2 Å². The van der Waals surface area contributed by atoms with Crippen LogP contribution in [0.4, 0.5) is 5.69 Å². The highest BCUT2D eigenvalue weighted by atomic mass is 35.5. The molecule has 2 aromatic heterocycles. The Bertz CT molecular complexity index is 1370. The number of ether oxygens (including phenoxy) is 2. The third kappa shape index (κ3) is 3.73. The number of methoxy groups -OCH3 is 1. The Morgan fingerprint density at radius 3 is 2.55 bits per heavy atom. The maximum absolute atomic E-state index is 13.2. The summed E-state index contributed by atoms with van der Waals surface area (Å²) in [5.74, 6) is -0.623. The molecule has 4 rings (SSSR count). The number of hydrogen-bond acceptors (Lipinski definition) is 6. The minimum absolute atomic E-state index is 0.00111. The van der Waals surface area contributed by atoms with Gasteiger partial charge >= 0.3 is 5.97 Å². The molecule has 1 N–H and O–H groups in total. The van der Waals surface area contributed by atoms with Crippen LogP contribution in [0.25, 0.3) is 16.8 Å². The van der Waals surface area contributed by atoms with E-state index >= 15 is 0 Å². The molecule has 0 saturated heterocycles. The van der Waals surface area contributed by atoms with E-state index in [1.807, 2.05) is 0 Å². The van der Waals surface area contributed by atoms with Crippen molar-refractivity contribution in [2.24, 2.45) is 0 Å². The van der Waals surface area contributed by atoms with Crippen LogP contribution in [-0.4, -0.2) is 30.0 Å². The molecule has 31 heavy (non-hydrogen) atoms. The molecule has 0 saturated carbocycles. The van der Waals surface area contributed by atoms with Crippen molar-refractivity contribution in [2.45, 2.75) is 6.92 Å². The number of halogens is 1. The molecule has 158 valence electrons. The lowest BCUT2D eigenvalue weighted by Crippen LogP contribution is -2.24. The lowest BCUT2D eigenvalue weighted by Gasteiger charge is -2.09. The molecule has 0 aliphatic heterocycles. The smallest absolute Gasteiger partial charge is 0.343 e. The van der Waals surface area contributed by atoms with E-state index in [-0.39, 0.29) is 23.6 Å². The lowest BCUT2D eigenvalue weighted by molar-refractivity contribution is 0.0526. The highest BCUT2D eigenvalue weighted by molar-refractivity contribution is 6.31. The highest BCUT2D eigenvalue weighted by Crippen LogP contribution is 2.26. The fraction of sp³-hybridized carbons (Fsp3) is 0.136. The molecular formula is C22H17ClN2O6. The number of esters is 1. The van der Waals surface area contributed by atoms with E-state index in [0.717, 1.165) is 0 Å². The average molecular weight is 441 g/mol. The van der Waals surface area contributed by atoms with Crippen LogP contribution in [0.1, 0.15) is 27.6 Å². The van der Waals surface area contributed by atoms with Crippen molar-refractivity contribution < 1.29 is 23.5 Å². The molecule has 2 heterocycles. The summed E-state index contributed by atoms with van der Waals surface area (Å²) in [6.45, 7) is 1.79. The summed E-state index contributed by atoms with van der Waals surface area (Å²) in [6, 6.07) is 12.4. The summed E-state index contributed by atoms with van der Waals surface area (Å²) in [6.07, 6.45) is 0. The van der Waals surface area contributed by atoms with Gasteiger partial charge in [-0.25, -0.2) is 9.20 Å². The molecule has 0 spiro atoms. The third-order valence-corrected chi connectivity index (χ3v) is 4.86. The second kappa shape index (κ2) is 8.16. The number of hydrogen-bond donors (Lipinski definition) is 1. The zero-order valence-corrected chi connectivity index (χ0v) is 17.4. The van der Waals surface area contributed by atoms with E-state index in [4.69, 9.17) is 25.5 Å². The van der Waals surface area contributed by atoms with Crippen LogP contribution in [0.15, 0.2) is 57.7 Å². The van der Waals surface area contributed by atoms with E-state index in [1.165, 1.54) is 23.6 Å². The standard InChI is InChI=1S/C22H17ClN2O6/c1-3-30-22(28)15-11-16(24-19(26)12-4-7-14(29-2)8-5-12)20(27)25-17-9-6-13(23)10-18(17)31-21(15)25/h4-11H,3H2,1-2H3,(H,24,26). The summed E-state index contributed by atoms with van der Waals surface area (Å²) in [4.78, 5) is 38.4. The monoisotopic (exact) mass is 440 g/mol. The lowest BCUT2D eigenvalue weighted by atomic mass is 10.2. The first-order valence-electron chi connectivity index (χ1n) is 9.33. The Balaban J connectivity index is 1.87. The maximum Gasteiger partial charge on any atom is 0.343 e. The molecule has 8 nitrogen and oxygen atoms in total. The molecule has 2 aromatic carbocycles. The minimum atomic E-state index is -0.690. The van der Waals surface area contributed by atoms with E-state index in [9.17, 15) is 14.4 Å². The third-order valence-electron chi connectivity index (χ3n) is 4.62. The second-order valence-corrected chi connectivity index (χ2v) is 6.97. The maximum atomic E-state index is 13.2. The van der Waals surface area contributed by atoms with Crippen molar-refractivity contribution in [3.05, 3.63) is 75.0 Å². The van der Waals surface area contributed by atoms with Gasteiger partial charge in [-0.2, -0.15) is 0 Å². The van der Waals surface area contributed by atoms with Gasteiger partial charge in [0.25, 0.3) is 11.5 Å². The Hall–Kier alpha value is -3.78. The van der Waals surface area contributed by atoms with Crippen LogP contribution >= 0.6 is 11.6 Å². The largest absolute Gasteiger partial charge is 0.497 e. The van der Waals surface area contributed by atoms with Crippen LogP contribution in [0.5, 0.6) is 5.75 Å². The summed E-state index contributed by atoms with van der Waals surface area (Å²) in [5.41, 5.74) is 0.364. The molecular weight excluding hydrogens is 424 g/mol. The molecule has 9 heteroatoms. The van der Waals surface area contributed by atoms with Gasteiger partial charge in [0.2, 0.25) is 5.71 Å². The van der Waals surface area contributed by atoms with Crippen molar-refractivity contribution in [3.63, 3.8) is 0 Å². The SMILES string of the molecule is CCOC(=O)c1cc(NC(=O)c2ccc(OC)cc2)c(=O)n2c1oc1cc(Cl)ccc12. The number of aromatic nitrogens is 1. The minimum Gasteiger partial charge on any atom is -0.497 e. The number of carbonyl (C=O) groups excluding carboxylic acids is 2. The number of oxazole rings is 1. The number of fused-ring (bicyclic) bond motifs is 3. The summed E-state index contributed by atoms with van der Waals surface area (Å²) in [5, 5.41) is 2.98. The molecule has 0 bridgehead atoms. The van der Waals surface area contributed by atoms with Crippen molar-refractivity contribution in [3.8, 4) is 5.75 Å². The highest BCUT2D eigenvalue weighted by Gasteiger charge is 2.23. The van der Waals surface area contributed by atoms with Gasteiger partial charge in [-0.05, 0) is 49.4 Å². The summed E-state index contributed by atoms with van der Waals surface area (Å²) in [7, 11) is 1.52. The van der Waals surface area contributed by atoms with Gasteiger partial charge in [0.05, 0.1) is 19.2 Å². The number of carbonyl (C=O) groups is 2. The molecule has 0 atom stereocenters. The van der Waals surface area contributed by atoms with Crippen molar-refractivity contribution in [1.29, 1.82) is 0 Å². The average Bonchev–Trinajstić information content (AvgIpc) is 3.14. The first kappa shape index (κ1) is 20.5. The Morgan fingerprint density at radius 1 is 1.13 bits per heavy atom. The fourth-order valence-corrected chi connectivity index (χ4v) is 3.32. The molecule has 0 aliphatic rings. The molecule has 0 fully saturated rings. The molecule has 0 aliphatic carbocycles. The summed E-state index contributed by atoms with van der Waals surface area (Å²) < 4.78 is 17.1.